The summed E-state index contributed by atoms with van der Waals surface area (Å²) >= 11 is 0. The summed E-state index contributed by atoms with van der Waals surface area (Å²) in [4.78, 5) is 35.5. The molecule has 8 nitrogen and oxygen atoms in total. The zero-order valence-corrected chi connectivity index (χ0v) is 15.1. The van der Waals surface area contributed by atoms with Crippen LogP contribution in [0.25, 0.3) is 0 Å². The summed E-state index contributed by atoms with van der Waals surface area (Å²) in [5.41, 5.74) is 0.799. The number of ether oxygens (including phenoxy) is 1. The van der Waals surface area contributed by atoms with Crippen molar-refractivity contribution in [2.45, 2.75) is 52.0 Å². The van der Waals surface area contributed by atoms with Crippen LogP contribution in [0, 0.1) is 5.92 Å². The highest BCUT2D eigenvalue weighted by Gasteiger charge is 2.30. The van der Waals surface area contributed by atoms with Gasteiger partial charge in [0.15, 0.2) is 6.04 Å². The van der Waals surface area contributed by atoms with Crippen LogP contribution in [-0.2, 0) is 20.9 Å². The minimum Gasteiger partial charge on any atom is -0.480 e. The van der Waals surface area contributed by atoms with E-state index in [-0.39, 0.29) is 12.5 Å². The summed E-state index contributed by atoms with van der Waals surface area (Å²) in [6, 6.07) is 6.63. The van der Waals surface area contributed by atoms with Crippen molar-refractivity contribution >= 4 is 18.0 Å². The first-order valence-corrected chi connectivity index (χ1v) is 8.39. The van der Waals surface area contributed by atoms with Crippen molar-refractivity contribution in [1.29, 1.82) is 0 Å². The van der Waals surface area contributed by atoms with Gasteiger partial charge in [-0.15, -0.1) is 0 Å². The van der Waals surface area contributed by atoms with Crippen LogP contribution in [0.1, 0.15) is 32.8 Å². The van der Waals surface area contributed by atoms with Crippen molar-refractivity contribution in [3.8, 4) is 0 Å². The number of aliphatic hydroxyl groups is 1. The maximum Gasteiger partial charge on any atom is 0.408 e. The average molecular weight is 366 g/mol. The van der Waals surface area contributed by atoms with Gasteiger partial charge in [0.2, 0.25) is 5.91 Å². The third-order valence-corrected chi connectivity index (χ3v) is 3.57. The minimum absolute atomic E-state index is 0.0497. The lowest BCUT2D eigenvalue weighted by atomic mass is 10.0. The fraction of sp³-hybridized carbons (Fsp3) is 0.500. The summed E-state index contributed by atoms with van der Waals surface area (Å²) in [6.07, 6.45) is -1.77. The highest BCUT2D eigenvalue weighted by molar-refractivity contribution is 5.89. The first-order chi connectivity index (χ1) is 12.2. The SMILES string of the molecule is CC(C)C[C@H](NC(=O)OCc1ccccc1)C(=O)N[C@H](C(=O)O)[C@@H](C)O. The summed E-state index contributed by atoms with van der Waals surface area (Å²) in [6.45, 7) is 5.04. The smallest absolute Gasteiger partial charge is 0.408 e. The fourth-order valence-electron chi connectivity index (χ4n) is 2.25. The van der Waals surface area contributed by atoms with Crippen LogP contribution in [0.5, 0.6) is 0 Å². The first kappa shape index (κ1) is 21.4. The molecule has 3 atom stereocenters. The Morgan fingerprint density at radius 1 is 1.08 bits per heavy atom. The van der Waals surface area contributed by atoms with E-state index in [1.54, 1.807) is 12.1 Å². The standard InChI is InChI=1S/C18H26N2O6/c1-11(2)9-14(16(22)20-15(12(3)21)17(23)24)19-18(25)26-10-13-7-5-4-6-8-13/h4-8,11-12,14-15,21H,9-10H2,1-3H3,(H,19,25)(H,20,22)(H,23,24)/t12-,14+,15+/m1/s1. The van der Waals surface area contributed by atoms with Gasteiger partial charge in [-0.3, -0.25) is 4.79 Å². The van der Waals surface area contributed by atoms with Crippen molar-refractivity contribution in [2.75, 3.05) is 0 Å². The number of nitrogens with one attached hydrogen (secondary N) is 2. The van der Waals surface area contributed by atoms with Gasteiger partial charge in [-0.1, -0.05) is 44.2 Å². The number of alkyl carbamates (subject to hydrolysis) is 1. The Bertz CT molecular complexity index is 603. The lowest BCUT2D eigenvalue weighted by molar-refractivity contribution is -0.145. The van der Waals surface area contributed by atoms with Gasteiger partial charge in [0, 0.05) is 0 Å². The molecule has 0 aromatic heterocycles. The second-order valence-electron chi connectivity index (χ2n) is 6.45. The molecule has 1 aromatic rings. The molecule has 0 radical (unpaired) electrons. The third kappa shape index (κ3) is 7.52. The minimum atomic E-state index is -1.46. The molecule has 0 bridgehead atoms. The van der Waals surface area contributed by atoms with E-state index in [9.17, 15) is 19.5 Å². The van der Waals surface area contributed by atoms with Gasteiger partial charge < -0.3 is 25.6 Å². The fourth-order valence-corrected chi connectivity index (χ4v) is 2.25. The van der Waals surface area contributed by atoms with Gasteiger partial charge in [0.1, 0.15) is 12.6 Å². The molecule has 2 amide bonds. The molecule has 144 valence electrons. The number of amides is 2. The van der Waals surface area contributed by atoms with E-state index in [4.69, 9.17) is 9.84 Å². The molecule has 0 saturated carbocycles. The van der Waals surface area contributed by atoms with Crippen molar-refractivity contribution < 1.29 is 29.3 Å². The van der Waals surface area contributed by atoms with Gasteiger partial charge in [-0.05, 0) is 24.8 Å². The molecule has 0 unspecified atom stereocenters. The average Bonchev–Trinajstić information content (AvgIpc) is 2.57. The Kier molecular flexibility index (Phi) is 8.57. The van der Waals surface area contributed by atoms with Crippen LogP contribution < -0.4 is 10.6 Å². The number of carboxylic acid groups (broad SMARTS) is 1. The van der Waals surface area contributed by atoms with Gasteiger partial charge in [0.25, 0.3) is 0 Å². The maximum absolute atomic E-state index is 12.4. The van der Waals surface area contributed by atoms with Crippen molar-refractivity contribution in [3.05, 3.63) is 35.9 Å². The Balaban J connectivity index is 2.68. The summed E-state index contributed by atoms with van der Waals surface area (Å²) in [5, 5.41) is 23.2. The van der Waals surface area contributed by atoms with E-state index in [0.29, 0.717) is 6.42 Å². The van der Waals surface area contributed by atoms with Gasteiger partial charge >= 0.3 is 12.1 Å². The van der Waals surface area contributed by atoms with Crippen LogP contribution in [0.4, 0.5) is 4.79 Å². The molecule has 0 aliphatic rings. The van der Waals surface area contributed by atoms with Crippen LogP contribution >= 0.6 is 0 Å². The molecule has 1 rings (SSSR count). The number of aliphatic carboxylic acids is 1. The first-order valence-electron chi connectivity index (χ1n) is 8.39. The predicted molar refractivity (Wildman–Crippen MR) is 94.3 cm³/mol. The summed E-state index contributed by atoms with van der Waals surface area (Å²) in [5.74, 6) is -1.98. The van der Waals surface area contributed by atoms with Gasteiger partial charge in [-0.25, -0.2) is 9.59 Å². The molecule has 1 aromatic carbocycles. The van der Waals surface area contributed by atoms with Crippen LogP contribution in [-0.4, -0.2) is 46.4 Å². The van der Waals surface area contributed by atoms with Crippen molar-refractivity contribution in [3.63, 3.8) is 0 Å². The highest BCUT2D eigenvalue weighted by Crippen LogP contribution is 2.07. The largest absolute Gasteiger partial charge is 0.480 e. The van der Waals surface area contributed by atoms with E-state index < -0.39 is 36.2 Å². The number of carbonyl (C=O) groups is 3. The molecule has 0 aliphatic carbocycles. The number of hydrogen-bond acceptors (Lipinski definition) is 5. The lowest BCUT2D eigenvalue weighted by Gasteiger charge is -2.23. The second-order valence-corrected chi connectivity index (χ2v) is 6.45. The Morgan fingerprint density at radius 3 is 2.19 bits per heavy atom. The van der Waals surface area contributed by atoms with Gasteiger partial charge in [0.05, 0.1) is 6.10 Å². The summed E-state index contributed by atoms with van der Waals surface area (Å²) < 4.78 is 5.09. The number of benzene rings is 1. The molecule has 0 aliphatic heterocycles. The van der Waals surface area contributed by atoms with Crippen LogP contribution in [0.2, 0.25) is 0 Å². The molecule has 8 heteroatoms. The molecule has 0 heterocycles. The van der Waals surface area contributed by atoms with E-state index >= 15 is 0 Å². The molecule has 4 N–H and O–H groups in total. The lowest BCUT2D eigenvalue weighted by Crippen LogP contribution is -2.55. The van der Waals surface area contributed by atoms with Crippen molar-refractivity contribution in [2.24, 2.45) is 5.92 Å². The molecule has 0 fully saturated rings. The summed E-state index contributed by atoms with van der Waals surface area (Å²) in [7, 11) is 0. The Labute approximate surface area is 152 Å². The van der Waals surface area contributed by atoms with Gasteiger partial charge in [-0.2, -0.15) is 0 Å². The number of rotatable bonds is 9. The van der Waals surface area contributed by atoms with E-state index in [1.807, 2.05) is 32.0 Å². The molecule has 26 heavy (non-hydrogen) atoms. The quantitative estimate of drug-likeness (QED) is 0.522. The Morgan fingerprint density at radius 2 is 1.69 bits per heavy atom. The second kappa shape index (κ2) is 10.4. The molecular weight excluding hydrogens is 340 g/mol. The topological polar surface area (TPSA) is 125 Å². The van der Waals surface area contributed by atoms with E-state index in [2.05, 4.69) is 10.6 Å². The predicted octanol–water partition coefficient (Wildman–Crippen LogP) is 1.28. The molecule has 0 saturated heterocycles. The van der Waals surface area contributed by atoms with E-state index in [1.165, 1.54) is 6.92 Å². The zero-order valence-electron chi connectivity index (χ0n) is 15.1. The van der Waals surface area contributed by atoms with E-state index in [0.717, 1.165) is 5.56 Å². The normalized spacial score (nSPS) is 14.2. The van der Waals surface area contributed by atoms with Crippen molar-refractivity contribution in [1.82, 2.24) is 10.6 Å². The zero-order chi connectivity index (χ0) is 19.7. The third-order valence-electron chi connectivity index (χ3n) is 3.57. The monoisotopic (exact) mass is 366 g/mol. The molecule has 0 spiro atoms. The number of hydrogen-bond donors (Lipinski definition) is 4. The molecular formula is C18H26N2O6. The number of carbonyl (C=O) groups excluding carboxylic acids is 2. The van der Waals surface area contributed by atoms with Crippen LogP contribution in [0.15, 0.2) is 30.3 Å². The number of carboxylic acids is 1. The maximum atomic E-state index is 12.4. The number of aliphatic hydroxyl groups excluding tert-OH is 1. The highest BCUT2D eigenvalue weighted by atomic mass is 16.5. The Hall–Kier alpha value is -2.61. The van der Waals surface area contributed by atoms with Crippen LogP contribution in [0.3, 0.4) is 0 Å².